The topological polar surface area (TPSA) is 99.9 Å². The molecule has 2 N–H and O–H groups in total. The second-order valence-electron chi connectivity index (χ2n) is 7.01. The predicted octanol–water partition coefficient (Wildman–Crippen LogP) is 3.34. The summed E-state index contributed by atoms with van der Waals surface area (Å²) in [4.78, 5) is 37.6. The smallest absolute Gasteiger partial charge is 0.306 e. The Bertz CT molecular complexity index is 877. The van der Waals surface area contributed by atoms with Crippen molar-refractivity contribution in [2.75, 3.05) is 18.4 Å². The number of rotatable bonds is 5. The van der Waals surface area contributed by atoms with Gasteiger partial charge in [-0.1, -0.05) is 6.92 Å². The molecule has 1 fully saturated rings. The van der Waals surface area contributed by atoms with E-state index in [1.165, 1.54) is 0 Å². The van der Waals surface area contributed by atoms with Gasteiger partial charge in [-0.2, -0.15) is 0 Å². The number of benzene rings is 1. The molecular formula is C21H24N2O5. The lowest BCUT2D eigenvalue weighted by Crippen LogP contribution is -2.40. The minimum Gasteiger partial charge on any atom is -0.481 e. The normalized spacial score (nSPS) is 14.7. The maximum absolute atomic E-state index is 12.6. The third-order valence-corrected chi connectivity index (χ3v) is 5.09. The summed E-state index contributed by atoms with van der Waals surface area (Å²) in [7, 11) is 0. The number of nitrogens with zero attached hydrogens (tertiary/aromatic N) is 1. The second kappa shape index (κ2) is 8.29. The van der Waals surface area contributed by atoms with Gasteiger partial charge in [0, 0.05) is 30.8 Å². The van der Waals surface area contributed by atoms with Crippen LogP contribution in [0.3, 0.4) is 0 Å². The Hall–Kier alpha value is -3.09. The molecule has 0 radical (unpaired) electrons. The van der Waals surface area contributed by atoms with Crippen LogP contribution in [0.2, 0.25) is 0 Å². The Balaban J connectivity index is 1.60. The van der Waals surface area contributed by atoms with Crippen LogP contribution in [0.25, 0.3) is 0 Å². The molecule has 0 spiro atoms. The van der Waals surface area contributed by atoms with Gasteiger partial charge in [0.2, 0.25) is 0 Å². The Labute approximate surface area is 163 Å². The van der Waals surface area contributed by atoms with Crippen molar-refractivity contribution in [1.82, 2.24) is 4.90 Å². The van der Waals surface area contributed by atoms with Crippen molar-refractivity contribution in [1.29, 1.82) is 0 Å². The molecule has 2 aromatic rings. The number of amides is 2. The van der Waals surface area contributed by atoms with Crippen molar-refractivity contribution in [2.45, 2.75) is 33.1 Å². The maximum atomic E-state index is 12.6. The van der Waals surface area contributed by atoms with Crippen molar-refractivity contribution in [3.8, 4) is 0 Å². The third-order valence-electron chi connectivity index (χ3n) is 5.09. The van der Waals surface area contributed by atoms with Crippen LogP contribution in [0, 0.1) is 12.8 Å². The lowest BCUT2D eigenvalue weighted by Gasteiger charge is -2.30. The van der Waals surface area contributed by atoms with Gasteiger partial charge in [0.05, 0.1) is 5.92 Å². The summed E-state index contributed by atoms with van der Waals surface area (Å²) in [6, 6.07) is 8.38. The van der Waals surface area contributed by atoms with Crippen molar-refractivity contribution in [3.63, 3.8) is 0 Å². The zero-order valence-corrected chi connectivity index (χ0v) is 16.0. The van der Waals surface area contributed by atoms with E-state index in [-0.39, 0.29) is 23.5 Å². The van der Waals surface area contributed by atoms with E-state index >= 15 is 0 Å². The number of likely N-dealkylation sites (tertiary alicyclic amines) is 1. The van der Waals surface area contributed by atoms with Crippen LogP contribution >= 0.6 is 0 Å². The number of carbonyl (C=O) groups is 3. The average Bonchev–Trinajstić information content (AvgIpc) is 3.09. The quantitative estimate of drug-likeness (QED) is 0.824. The monoisotopic (exact) mass is 384 g/mol. The van der Waals surface area contributed by atoms with Crippen LogP contribution in [0.15, 0.2) is 34.7 Å². The average molecular weight is 384 g/mol. The molecule has 1 saturated heterocycles. The molecule has 0 bridgehead atoms. The molecular weight excluding hydrogens is 360 g/mol. The number of nitrogens with one attached hydrogen (secondary N) is 1. The molecule has 7 heteroatoms. The summed E-state index contributed by atoms with van der Waals surface area (Å²) in [6.07, 6.45) is 1.66. The molecule has 1 aromatic heterocycles. The zero-order chi connectivity index (χ0) is 20.3. The van der Waals surface area contributed by atoms with E-state index in [2.05, 4.69) is 5.32 Å². The maximum Gasteiger partial charge on any atom is 0.306 e. The van der Waals surface area contributed by atoms with E-state index in [1.54, 1.807) is 35.2 Å². The van der Waals surface area contributed by atoms with Gasteiger partial charge in [-0.15, -0.1) is 0 Å². The fraction of sp³-hybridized carbons (Fsp3) is 0.381. The molecule has 1 aliphatic heterocycles. The molecule has 3 rings (SSSR count). The van der Waals surface area contributed by atoms with Crippen LogP contribution in [-0.2, 0) is 11.2 Å². The first kappa shape index (κ1) is 19.7. The van der Waals surface area contributed by atoms with Crippen molar-refractivity contribution in [3.05, 3.63) is 53.0 Å². The minimum atomic E-state index is -0.801. The first-order valence-electron chi connectivity index (χ1n) is 9.41. The first-order chi connectivity index (χ1) is 13.4. The number of aryl methyl sites for hydroxylation is 2. The van der Waals surface area contributed by atoms with Crippen LogP contribution in [0.1, 0.15) is 52.0 Å². The van der Waals surface area contributed by atoms with E-state index in [0.717, 1.165) is 17.7 Å². The number of carboxylic acids is 1. The second-order valence-corrected chi connectivity index (χ2v) is 7.01. The molecule has 2 amide bonds. The van der Waals surface area contributed by atoms with E-state index in [4.69, 9.17) is 9.52 Å². The molecule has 0 atom stereocenters. The van der Waals surface area contributed by atoms with Gasteiger partial charge in [0.1, 0.15) is 5.76 Å². The molecule has 0 aliphatic carbocycles. The first-order valence-corrected chi connectivity index (χ1v) is 9.41. The number of piperidine rings is 1. The van der Waals surface area contributed by atoms with E-state index in [9.17, 15) is 14.4 Å². The SMILES string of the molecule is CCc1oc(C(=O)Nc2ccc(C(=O)N3CCC(C(=O)O)CC3)cc2)cc1C. The Kier molecular flexibility index (Phi) is 5.82. The Morgan fingerprint density at radius 1 is 1.18 bits per heavy atom. The highest BCUT2D eigenvalue weighted by molar-refractivity contribution is 6.03. The van der Waals surface area contributed by atoms with Gasteiger partial charge in [-0.25, -0.2) is 0 Å². The highest BCUT2D eigenvalue weighted by atomic mass is 16.4. The third kappa shape index (κ3) is 4.24. The summed E-state index contributed by atoms with van der Waals surface area (Å²) in [5.41, 5.74) is 2.02. The number of anilines is 1. The van der Waals surface area contributed by atoms with Gasteiger partial charge in [0.15, 0.2) is 5.76 Å². The molecule has 1 aliphatic rings. The highest BCUT2D eigenvalue weighted by Crippen LogP contribution is 2.21. The van der Waals surface area contributed by atoms with Crippen LogP contribution in [0.4, 0.5) is 5.69 Å². The number of furan rings is 1. The van der Waals surface area contributed by atoms with Gasteiger partial charge in [-0.3, -0.25) is 14.4 Å². The Morgan fingerprint density at radius 2 is 1.82 bits per heavy atom. The van der Waals surface area contributed by atoms with Crippen LogP contribution in [0.5, 0.6) is 0 Å². The van der Waals surface area contributed by atoms with Gasteiger partial charge in [-0.05, 0) is 55.7 Å². The summed E-state index contributed by atoms with van der Waals surface area (Å²) in [5.74, 6) is -0.591. The van der Waals surface area contributed by atoms with Gasteiger partial charge < -0.3 is 19.7 Å². The summed E-state index contributed by atoms with van der Waals surface area (Å²) in [5, 5.41) is 11.8. The fourth-order valence-electron chi connectivity index (χ4n) is 3.38. The number of hydrogen-bond donors (Lipinski definition) is 2. The van der Waals surface area contributed by atoms with Crippen LogP contribution in [-0.4, -0.2) is 40.9 Å². The van der Waals surface area contributed by atoms with Crippen LogP contribution < -0.4 is 5.32 Å². The van der Waals surface area contributed by atoms with Crippen molar-refractivity contribution >= 4 is 23.5 Å². The molecule has 7 nitrogen and oxygen atoms in total. The molecule has 2 heterocycles. The predicted molar refractivity (Wildman–Crippen MR) is 103 cm³/mol. The standard InChI is InChI=1S/C21H24N2O5/c1-3-17-13(2)12-18(28-17)19(24)22-16-6-4-14(5-7-16)20(25)23-10-8-15(9-11-23)21(26)27/h4-7,12,15H,3,8-11H2,1-2H3,(H,22,24)(H,26,27). The molecule has 148 valence electrons. The molecule has 28 heavy (non-hydrogen) atoms. The van der Waals surface area contributed by atoms with Crippen molar-refractivity contribution < 1.29 is 23.9 Å². The van der Waals surface area contributed by atoms with Crippen molar-refractivity contribution in [2.24, 2.45) is 5.92 Å². The zero-order valence-electron chi connectivity index (χ0n) is 16.0. The number of carbonyl (C=O) groups excluding carboxylic acids is 2. The van der Waals surface area contributed by atoms with Gasteiger partial charge >= 0.3 is 5.97 Å². The number of aliphatic carboxylic acids is 1. The molecule has 0 unspecified atom stereocenters. The largest absolute Gasteiger partial charge is 0.481 e. The summed E-state index contributed by atoms with van der Waals surface area (Å²) >= 11 is 0. The number of hydrogen-bond acceptors (Lipinski definition) is 4. The van der Waals surface area contributed by atoms with Gasteiger partial charge in [0.25, 0.3) is 11.8 Å². The van der Waals surface area contributed by atoms with E-state index < -0.39 is 5.97 Å². The molecule has 1 aromatic carbocycles. The van der Waals surface area contributed by atoms with E-state index in [1.807, 2.05) is 13.8 Å². The fourth-order valence-corrected chi connectivity index (χ4v) is 3.38. The highest BCUT2D eigenvalue weighted by Gasteiger charge is 2.27. The van der Waals surface area contributed by atoms with E-state index in [0.29, 0.717) is 37.2 Å². The lowest BCUT2D eigenvalue weighted by atomic mass is 9.96. The Morgan fingerprint density at radius 3 is 2.36 bits per heavy atom. The summed E-state index contributed by atoms with van der Waals surface area (Å²) < 4.78 is 5.55. The summed E-state index contributed by atoms with van der Waals surface area (Å²) in [6.45, 7) is 4.74. The minimum absolute atomic E-state index is 0.129. The number of carboxylic acid groups (broad SMARTS) is 1. The lowest BCUT2D eigenvalue weighted by molar-refractivity contribution is -0.143. The molecule has 0 saturated carbocycles.